The number of aryl methyl sites for hydroxylation is 1. The third-order valence-corrected chi connectivity index (χ3v) is 4.80. The van der Waals surface area contributed by atoms with Crippen LogP contribution < -0.4 is 10.2 Å². The van der Waals surface area contributed by atoms with E-state index in [1.807, 2.05) is 0 Å². The monoisotopic (exact) mass is 335 g/mol. The molecule has 0 bridgehead atoms. The SMILES string of the molecule is CCN(CCNC(=O)CCN1CCSC1=O)c1cccc(C)c1. The van der Waals surface area contributed by atoms with E-state index in [0.717, 1.165) is 25.4 Å². The molecular weight excluding hydrogens is 310 g/mol. The average molecular weight is 335 g/mol. The molecule has 1 N–H and O–H groups in total. The summed E-state index contributed by atoms with van der Waals surface area (Å²) in [5, 5.41) is 3.04. The molecule has 126 valence electrons. The molecule has 0 saturated carbocycles. The van der Waals surface area contributed by atoms with Crippen LogP contribution in [-0.4, -0.2) is 54.5 Å². The maximum Gasteiger partial charge on any atom is 0.281 e. The standard InChI is InChI=1S/C17H25N3O2S/c1-3-19(15-6-4-5-14(2)13-15)10-8-18-16(21)7-9-20-11-12-23-17(20)22/h4-6,13H,3,7-12H2,1-2H3,(H,18,21). The van der Waals surface area contributed by atoms with Gasteiger partial charge in [-0.1, -0.05) is 23.9 Å². The molecule has 2 rings (SSSR count). The van der Waals surface area contributed by atoms with Gasteiger partial charge in [-0.15, -0.1) is 0 Å². The van der Waals surface area contributed by atoms with Crippen LogP contribution in [0.15, 0.2) is 24.3 Å². The van der Waals surface area contributed by atoms with Crippen molar-refractivity contribution in [1.82, 2.24) is 10.2 Å². The molecule has 5 nitrogen and oxygen atoms in total. The third-order valence-electron chi connectivity index (χ3n) is 3.91. The van der Waals surface area contributed by atoms with E-state index in [1.54, 1.807) is 4.90 Å². The molecule has 0 unspecified atom stereocenters. The molecule has 1 saturated heterocycles. The number of nitrogens with one attached hydrogen (secondary N) is 1. The van der Waals surface area contributed by atoms with Gasteiger partial charge in [-0.2, -0.15) is 0 Å². The van der Waals surface area contributed by atoms with Gasteiger partial charge in [0.1, 0.15) is 0 Å². The summed E-state index contributed by atoms with van der Waals surface area (Å²) in [7, 11) is 0. The lowest BCUT2D eigenvalue weighted by Gasteiger charge is -2.23. The molecular formula is C17H25N3O2S. The van der Waals surface area contributed by atoms with E-state index in [9.17, 15) is 9.59 Å². The lowest BCUT2D eigenvalue weighted by molar-refractivity contribution is -0.121. The van der Waals surface area contributed by atoms with Gasteiger partial charge in [0.25, 0.3) is 5.24 Å². The quantitative estimate of drug-likeness (QED) is 0.793. The van der Waals surface area contributed by atoms with Crippen molar-refractivity contribution in [2.24, 2.45) is 0 Å². The first kappa shape index (κ1) is 17.7. The number of carbonyl (C=O) groups is 2. The number of rotatable bonds is 8. The molecule has 2 amide bonds. The van der Waals surface area contributed by atoms with Gasteiger partial charge in [0.15, 0.2) is 0 Å². The summed E-state index contributed by atoms with van der Waals surface area (Å²) in [5.41, 5.74) is 2.42. The molecule has 0 aliphatic carbocycles. The average Bonchev–Trinajstić information content (AvgIpc) is 2.95. The maximum absolute atomic E-state index is 11.9. The normalized spacial score (nSPS) is 14.2. The Labute approximate surface area is 142 Å². The highest BCUT2D eigenvalue weighted by atomic mass is 32.2. The Morgan fingerprint density at radius 3 is 2.91 bits per heavy atom. The van der Waals surface area contributed by atoms with E-state index in [1.165, 1.54) is 23.0 Å². The van der Waals surface area contributed by atoms with Crippen molar-refractivity contribution in [3.05, 3.63) is 29.8 Å². The Morgan fingerprint density at radius 1 is 1.43 bits per heavy atom. The lowest BCUT2D eigenvalue weighted by atomic mass is 10.2. The summed E-state index contributed by atoms with van der Waals surface area (Å²) in [5.74, 6) is 0.845. The second kappa shape index (κ2) is 8.82. The number of amides is 2. The van der Waals surface area contributed by atoms with Gasteiger partial charge in [0.2, 0.25) is 5.91 Å². The number of carbonyl (C=O) groups excluding carboxylic acids is 2. The molecule has 1 aliphatic rings. The zero-order valence-corrected chi connectivity index (χ0v) is 14.7. The van der Waals surface area contributed by atoms with Gasteiger partial charge in [-0.3, -0.25) is 9.59 Å². The van der Waals surface area contributed by atoms with Crippen molar-refractivity contribution in [3.8, 4) is 0 Å². The van der Waals surface area contributed by atoms with Crippen molar-refractivity contribution < 1.29 is 9.59 Å². The molecule has 0 spiro atoms. The van der Waals surface area contributed by atoms with E-state index in [0.29, 0.717) is 19.5 Å². The second-order valence-electron chi connectivity index (χ2n) is 5.62. The Kier molecular flexibility index (Phi) is 6.77. The Hall–Kier alpha value is -1.69. The number of likely N-dealkylation sites (N-methyl/N-ethyl adjacent to an activating group) is 1. The minimum Gasteiger partial charge on any atom is -0.370 e. The van der Waals surface area contributed by atoms with Crippen molar-refractivity contribution in [3.63, 3.8) is 0 Å². The van der Waals surface area contributed by atoms with E-state index in [2.05, 4.69) is 48.3 Å². The molecule has 1 aromatic carbocycles. The highest BCUT2D eigenvalue weighted by molar-refractivity contribution is 8.13. The van der Waals surface area contributed by atoms with Gasteiger partial charge >= 0.3 is 0 Å². The van der Waals surface area contributed by atoms with Crippen LogP contribution in [0.4, 0.5) is 10.5 Å². The first-order valence-electron chi connectivity index (χ1n) is 8.10. The fraction of sp³-hybridized carbons (Fsp3) is 0.529. The number of hydrogen-bond acceptors (Lipinski definition) is 4. The van der Waals surface area contributed by atoms with Gasteiger partial charge in [0, 0.05) is 50.6 Å². The van der Waals surface area contributed by atoms with Crippen molar-refractivity contribution >= 4 is 28.6 Å². The summed E-state index contributed by atoms with van der Waals surface area (Å²) in [6, 6.07) is 8.38. The summed E-state index contributed by atoms with van der Waals surface area (Å²) >= 11 is 1.33. The summed E-state index contributed by atoms with van der Waals surface area (Å²) in [6.45, 7) is 7.77. The van der Waals surface area contributed by atoms with Gasteiger partial charge < -0.3 is 15.1 Å². The minimum atomic E-state index is 0.00925. The molecule has 1 fully saturated rings. The highest BCUT2D eigenvalue weighted by Crippen LogP contribution is 2.17. The van der Waals surface area contributed by atoms with Crippen molar-refractivity contribution in [2.75, 3.05) is 43.4 Å². The molecule has 0 aromatic heterocycles. The van der Waals surface area contributed by atoms with Crippen LogP contribution in [0.3, 0.4) is 0 Å². The number of thioether (sulfide) groups is 1. The summed E-state index contributed by atoms with van der Waals surface area (Å²) < 4.78 is 0. The first-order valence-corrected chi connectivity index (χ1v) is 9.08. The van der Waals surface area contributed by atoms with Crippen LogP contribution in [0.2, 0.25) is 0 Å². The van der Waals surface area contributed by atoms with Gasteiger partial charge in [-0.25, -0.2) is 0 Å². The van der Waals surface area contributed by atoms with E-state index >= 15 is 0 Å². The molecule has 6 heteroatoms. The van der Waals surface area contributed by atoms with Crippen molar-refractivity contribution in [2.45, 2.75) is 20.3 Å². The smallest absolute Gasteiger partial charge is 0.281 e. The largest absolute Gasteiger partial charge is 0.370 e. The third kappa shape index (κ3) is 5.46. The maximum atomic E-state index is 11.9. The van der Waals surface area contributed by atoms with Gasteiger partial charge in [0.05, 0.1) is 0 Å². The van der Waals surface area contributed by atoms with Crippen LogP contribution in [-0.2, 0) is 4.79 Å². The van der Waals surface area contributed by atoms with Crippen LogP contribution in [0.1, 0.15) is 18.9 Å². The van der Waals surface area contributed by atoms with Crippen LogP contribution in [0, 0.1) is 6.92 Å². The van der Waals surface area contributed by atoms with Crippen LogP contribution in [0.5, 0.6) is 0 Å². The number of benzene rings is 1. The van der Waals surface area contributed by atoms with Crippen molar-refractivity contribution in [1.29, 1.82) is 0 Å². The predicted molar refractivity (Wildman–Crippen MR) is 96.1 cm³/mol. The predicted octanol–water partition coefficient (Wildman–Crippen LogP) is 2.50. The number of nitrogens with zero attached hydrogens (tertiary/aromatic N) is 2. The zero-order valence-electron chi connectivity index (χ0n) is 13.9. The molecule has 0 radical (unpaired) electrons. The molecule has 1 aromatic rings. The fourth-order valence-electron chi connectivity index (χ4n) is 2.58. The Morgan fingerprint density at radius 2 is 2.26 bits per heavy atom. The van der Waals surface area contributed by atoms with E-state index in [4.69, 9.17) is 0 Å². The first-order chi connectivity index (χ1) is 11.1. The molecule has 1 heterocycles. The zero-order chi connectivity index (χ0) is 16.7. The summed E-state index contributed by atoms with van der Waals surface area (Å²) in [6.07, 6.45) is 0.378. The summed E-state index contributed by atoms with van der Waals surface area (Å²) in [4.78, 5) is 27.3. The topological polar surface area (TPSA) is 52.7 Å². The van der Waals surface area contributed by atoms with Gasteiger partial charge in [-0.05, 0) is 31.5 Å². The molecule has 0 atom stereocenters. The van der Waals surface area contributed by atoms with Crippen LogP contribution in [0.25, 0.3) is 0 Å². The van der Waals surface area contributed by atoms with E-state index in [-0.39, 0.29) is 11.1 Å². The molecule has 1 aliphatic heterocycles. The van der Waals surface area contributed by atoms with Crippen LogP contribution >= 0.6 is 11.8 Å². The number of anilines is 1. The minimum absolute atomic E-state index is 0.00925. The van der Waals surface area contributed by atoms with E-state index < -0.39 is 0 Å². The second-order valence-corrected chi connectivity index (χ2v) is 6.67. The lowest BCUT2D eigenvalue weighted by Crippen LogP contribution is -2.36. The molecule has 23 heavy (non-hydrogen) atoms. The Bertz CT molecular complexity index is 550. The number of hydrogen-bond donors (Lipinski definition) is 1. The Balaban J connectivity index is 1.70. The highest BCUT2D eigenvalue weighted by Gasteiger charge is 2.21. The fourth-order valence-corrected chi connectivity index (χ4v) is 3.43.